The quantitative estimate of drug-likeness (QED) is 0.539. The van der Waals surface area contributed by atoms with Crippen molar-refractivity contribution in [3.05, 3.63) is 35.9 Å². The third-order valence-electron chi connectivity index (χ3n) is 3.94. The summed E-state index contributed by atoms with van der Waals surface area (Å²) in [5, 5.41) is 0. The highest BCUT2D eigenvalue weighted by atomic mass is 16.1. The summed E-state index contributed by atoms with van der Waals surface area (Å²) in [5.41, 5.74) is 1.41. The van der Waals surface area contributed by atoms with Gasteiger partial charge in [0.2, 0.25) is 0 Å². The van der Waals surface area contributed by atoms with Crippen molar-refractivity contribution >= 4 is 6.29 Å². The van der Waals surface area contributed by atoms with Crippen LogP contribution in [0.15, 0.2) is 30.3 Å². The zero-order valence-corrected chi connectivity index (χ0v) is 12.5. The lowest BCUT2D eigenvalue weighted by atomic mass is 9.82. The summed E-state index contributed by atoms with van der Waals surface area (Å²) in [6, 6.07) is 10.7. The van der Waals surface area contributed by atoms with Crippen molar-refractivity contribution < 1.29 is 4.79 Å². The molecule has 0 amide bonds. The van der Waals surface area contributed by atoms with Gasteiger partial charge in [0.15, 0.2) is 0 Å². The minimum Gasteiger partial charge on any atom is -0.303 e. The van der Waals surface area contributed by atoms with Gasteiger partial charge in [0.05, 0.1) is 0 Å². The molecule has 0 heterocycles. The van der Waals surface area contributed by atoms with Crippen LogP contribution in [0.1, 0.15) is 57.9 Å². The third-order valence-corrected chi connectivity index (χ3v) is 3.94. The number of hydrogen-bond donors (Lipinski definition) is 0. The van der Waals surface area contributed by atoms with Crippen molar-refractivity contribution in [3.63, 3.8) is 0 Å². The Balaban J connectivity index is 2.42. The molecular weight excluding hydrogens is 232 g/mol. The van der Waals surface area contributed by atoms with Crippen LogP contribution in [0.4, 0.5) is 0 Å². The molecule has 0 aliphatic heterocycles. The monoisotopic (exact) mass is 260 g/mol. The lowest BCUT2D eigenvalue weighted by Gasteiger charge is -2.22. The highest BCUT2D eigenvalue weighted by Crippen LogP contribution is 2.26. The van der Waals surface area contributed by atoms with Crippen molar-refractivity contribution in [3.8, 4) is 0 Å². The molecule has 2 unspecified atom stereocenters. The molecule has 0 aromatic heterocycles. The van der Waals surface area contributed by atoms with E-state index in [0.29, 0.717) is 5.92 Å². The Bertz CT molecular complexity index is 331. The van der Waals surface area contributed by atoms with Crippen LogP contribution in [-0.2, 0) is 11.2 Å². The second-order valence-electron chi connectivity index (χ2n) is 5.52. The van der Waals surface area contributed by atoms with Gasteiger partial charge in [0.1, 0.15) is 6.29 Å². The Morgan fingerprint density at radius 1 is 1.00 bits per heavy atom. The van der Waals surface area contributed by atoms with Crippen molar-refractivity contribution in [2.45, 2.75) is 58.8 Å². The number of hydrogen-bond acceptors (Lipinski definition) is 1. The van der Waals surface area contributed by atoms with E-state index in [1.54, 1.807) is 0 Å². The fourth-order valence-electron chi connectivity index (χ4n) is 2.90. The van der Waals surface area contributed by atoms with E-state index in [1.807, 2.05) is 0 Å². The minimum absolute atomic E-state index is 0.278. The van der Waals surface area contributed by atoms with Crippen molar-refractivity contribution in [1.82, 2.24) is 0 Å². The molecular formula is C18H28O. The standard InChI is InChI=1S/C18H28O/c1-3-9-17(18(15-19)10-4-2)14-8-13-16-11-6-5-7-12-16/h5-7,11-12,15,17-18H,3-4,8-10,13-14H2,1-2H3. The summed E-state index contributed by atoms with van der Waals surface area (Å²) in [6.45, 7) is 4.39. The molecule has 0 saturated carbocycles. The summed E-state index contributed by atoms with van der Waals surface area (Å²) >= 11 is 0. The Morgan fingerprint density at radius 2 is 1.68 bits per heavy atom. The molecule has 0 aliphatic carbocycles. The number of carbonyl (C=O) groups excluding carboxylic acids is 1. The number of aldehydes is 1. The highest BCUT2D eigenvalue weighted by Gasteiger charge is 2.19. The first kappa shape index (κ1) is 15.9. The zero-order chi connectivity index (χ0) is 13.9. The molecule has 106 valence electrons. The van der Waals surface area contributed by atoms with Crippen LogP contribution < -0.4 is 0 Å². The summed E-state index contributed by atoms with van der Waals surface area (Å²) < 4.78 is 0. The lowest BCUT2D eigenvalue weighted by Crippen LogP contribution is -2.16. The van der Waals surface area contributed by atoms with E-state index in [-0.39, 0.29) is 5.92 Å². The SMILES string of the molecule is CCCC(C=O)C(CCC)CCCc1ccccc1. The molecule has 2 atom stereocenters. The van der Waals surface area contributed by atoms with Gasteiger partial charge in [-0.1, -0.05) is 63.4 Å². The molecule has 0 aliphatic rings. The first-order valence-electron chi connectivity index (χ1n) is 7.81. The van der Waals surface area contributed by atoms with E-state index in [2.05, 4.69) is 44.2 Å². The zero-order valence-electron chi connectivity index (χ0n) is 12.5. The maximum absolute atomic E-state index is 11.2. The van der Waals surface area contributed by atoms with Gasteiger partial charge in [-0.25, -0.2) is 0 Å². The molecule has 1 rings (SSSR count). The molecule has 0 radical (unpaired) electrons. The maximum atomic E-state index is 11.2. The fraction of sp³-hybridized carbons (Fsp3) is 0.611. The second-order valence-corrected chi connectivity index (χ2v) is 5.52. The Labute approximate surface area is 118 Å². The van der Waals surface area contributed by atoms with Gasteiger partial charge in [-0.3, -0.25) is 0 Å². The minimum atomic E-state index is 0.278. The van der Waals surface area contributed by atoms with Gasteiger partial charge < -0.3 is 4.79 Å². The molecule has 1 nitrogen and oxygen atoms in total. The molecule has 1 aromatic carbocycles. The Morgan fingerprint density at radius 3 is 2.26 bits per heavy atom. The molecule has 0 N–H and O–H groups in total. The van der Waals surface area contributed by atoms with Crippen LogP contribution in [0.5, 0.6) is 0 Å². The number of benzene rings is 1. The van der Waals surface area contributed by atoms with E-state index >= 15 is 0 Å². The maximum Gasteiger partial charge on any atom is 0.123 e. The average molecular weight is 260 g/mol. The predicted molar refractivity (Wildman–Crippen MR) is 82.2 cm³/mol. The normalized spacial score (nSPS) is 14.0. The van der Waals surface area contributed by atoms with Crippen molar-refractivity contribution in [2.75, 3.05) is 0 Å². The molecule has 0 saturated heterocycles. The van der Waals surface area contributed by atoms with Gasteiger partial charge >= 0.3 is 0 Å². The number of rotatable bonds is 10. The predicted octanol–water partition coefficient (Wildman–Crippen LogP) is 5.04. The molecule has 1 heteroatoms. The number of aryl methyl sites for hydroxylation is 1. The first-order valence-corrected chi connectivity index (χ1v) is 7.81. The van der Waals surface area contributed by atoms with Crippen LogP contribution in [0, 0.1) is 11.8 Å². The molecule has 0 bridgehead atoms. The summed E-state index contributed by atoms with van der Waals surface area (Å²) in [5.74, 6) is 0.867. The van der Waals surface area contributed by atoms with E-state index < -0.39 is 0 Å². The van der Waals surface area contributed by atoms with Gasteiger partial charge in [-0.15, -0.1) is 0 Å². The first-order chi connectivity index (χ1) is 9.31. The smallest absolute Gasteiger partial charge is 0.123 e. The largest absolute Gasteiger partial charge is 0.303 e. The van der Waals surface area contributed by atoms with Crippen LogP contribution in [0.3, 0.4) is 0 Å². The summed E-state index contributed by atoms with van der Waals surface area (Å²) in [6.07, 6.45) is 9.27. The third kappa shape index (κ3) is 6.04. The van der Waals surface area contributed by atoms with Gasteiger partial charge in [-0.05, 0) is 37.2 Å². The highest BCUT2D eigenvalue weighted by molar-refractivity contribution is 5.53. The van der Waals surface area contributed by atoms with Crippen molar-refractivity contribution in [1.29, 1.82) is 0 Å². The van der Waals surface area contributed by atoms with E-state index in [4.69, 9.17) is 0 Å². The van der Waals surface area contributed by atoms with Gasteiger partial charge in [-0.2, -0.15) is 0 Å². The molecule has 0 fully saturated rings. The summed E-state index contributed by atoms with van der Waals surface area (Å²) in [4.78, 5) is 11.2. The lowest BCUT2D eigenvalue weighted by molar-refractivity contribution is -0.113. The van der Waals surface area contributed by atoms with Gasteiger partial charge in [0, 0.05) is 5.92 Å². The van der Waals surface area contributed by atoms with E-state index in [9.17, 15) is 4.79 Å². The van der Waals surface area contributed by atoms with Gasteiger partial charge in [0.25, 0.3) is 0 Å². The summed E-state index contributed by atoms with van der Waals surface area (Å²) in [7, 11) is 0. The van der Waals surface area contributed by atoms with Crippen molar-refractivity contribution in [2.24, 2.45) is 11.8 Å². The number of carbonyl (C=O) groups is 1. The molecule has 19 heavy (non-hydrogen) atoms. The Hall–Kier alpha value is -1.11. The fourth-order valence-corrected chi connectivity index (χ4v) is 2.90. The second kappa shape index (κ2) is 9.77. The molecule has 1 aromatic rings. The van der Waals surface area contributed by atoms with Crippen LogP contribution >= 0.6 is 0 Å². The van der Waals surface area contributed by atoms with E-state index in [0.717, 1.165) is 19.3 Å². The average Bonchev–Trinajstić information content (AvgIpc) is 2.45. The Kier molecular flexibility index (Phi) is 8.20. The molecule has 0 spiro atoms. The van der Waals surface area contributed by atoms with E-state index in [1.165, 1.54) is 37.5 Å². The van der Waals surface area contributed by atoms with Crippen LogP contribution in [0.25, 0.3) is 0 Å². The topological polar surface area (TPSA) is 17.1 Å². The van der Waals surface area contributed by atoms with Crippen LogP contribution in [-0.4, -0.2) is 6.29 Å². The van der Waals surface area contributed by atoms with Crippen LogP contribution in [0.2, 0.25) is 0 Å².